The molecule has 1 amide bonds. The molecule has 0 radical (unpaired) electrons. The van der Waals surface area contributed by atoms with E-state index in [1.54, 1.807) is 26.8 Å². The van der Waals surface area contributed by atoms with Crippen molar-refractivity contribution in [1.82, 2.24) is 9.55 Å². The number of hydrogen-bond acceptors (Lipinski definition) is 8. The van der Waals surface area contributed by atoms with E-state index in [2.05, 4.69) is 9.51 Å². The second-order valence-electron chi connectivity index (χ2n) is 9.66. The molecule has 1 unspecified atom stereocenters. The van der Waals surface area contributed by atoms with Crippen molar-refractivity contribution in [3.8, 4) is 6.07 Å². The maximum Gasteiger partial charge on any atom is 0.510 e. The molecule has 2 N–H and O–H groups in total. The second kappa shape index (κ2) is 13.3. The number of carbonyl (C=O) groups is 2. The standard InChI is InChI=1S/C24H33F2N4O8P/c1-6-7-8-10-18(31)29(15(2)38-23(32)36-11-9-12-37-39(33,34)35)22-28-20-17(25)13-16(14-27)19(26)21(20)30(22)24(3,4)5/h13,15H,6-12H2,1-5H3,(H2,33,34,35). The number of nitriles is 1. The average Bonchev–Trinajstić information content (AvgIpc) is 3.22. The lowest BCUT2D eigenvalue weighted by molar-refractivity contribution is -0.120. The summed E-state index contributed by atoms with van der Waals surface area (Å²) in [6, 6.07) is 2.34. The number of anilines is 1. The first-order chi connectivity index (χ1) is 18.1. The van der Waals surface area contributed by atoms with Crippen LogP contribution in [0, 0.1) is 23.0 Å². The van der Waals surface area contributed by atoms with Gasteiger partial charge in [0.1, 0.15) is 17.1 Å². The van der Waals surface area contributed by atoms with E-state index < -0.39 is 54.4 Å². The third kappa shape index (κ3) is 8.44. The maximum absolute atomic E-state index is 15.3. The molecular weight excluding hydrogens is 541 g/mol. The van der Waals surface area contributed by atoms with E-state index in [1.807, 2.05) is 6.92 Å². The van der Waals surface area contributed by atoms with Gasteiger partial charge in [-0.25, -0.2) is 28.0 Å². The van der Waals surface area contributed by atoms with Crippen molar-refractivity contribution >= 4 is 36.9 Å². The highest BCUT2D eigenvalue weighted by molar-refractivity contribution is 7.46. The summed E-state index contributed by atoms with van der Waals surface area (Å²) in [5, 5.41) is 9.28. The number of nitrogens with zero attached hydrogens (tertiary/aromatic N) is 4. The topological polar surface area (TPSA) is 164 Å². The quantitative estimate of drug-likeness (QED) is 0.155. The summed E-state index contributed by atoms with van der Waals surface area (Å²) in [7, 11) is -4.66. The van der Waals surface area contributed by atoms with Crippen LogP contribution < -0.4 is 4.90 Å². The largest absolute Gasteiger partial charge is 0.510 e. The Bertz CT molecular complexity index is 1280. The summed E-state index contributed by atoms with van der Waals surface area (Å²) in [5.74, 6) is -2.69. The molecule has 0 saturated carbocycles. The zero-order valence-electron chi connectivity index (χ0n) is 22.4. The van der Waals surface area contributed by atoms with Crippen molar-refractivity contribution in [3.63, 3.8) is 0 Å². The highest BCUT2D eigenvalue weighted by Gasteiger charge is 2.35. The Morgan fingerprint density at radius 1 is 1.23 bits per heavy atom. The highest BCUT2D eigenvalue weighted by atomic mass is 31.2. The summed E-state index contributed by atoms with van der Waals surface area (Å²) in [4.78, 5) is 48.3. The van der Waals surface area contributed by atoms with E-state index in [9.17, 15) is 23.8 Å². The first kappa shape index (κ1) is 32.1. The molecule has 1 heterocycles. The first-order valence-electron chi connectivity index (χ1n) is 12.3. The number of aromatic nitrogens is 2. The monoisotopic (exact) mass is 574 g/mol. The number of benzene rings is 1. The van der Waals surface area contributed by atoms with Gasteiger partial charge in [0.15, 0.2) is 17.9 Å². The summed E-state index contributed by atoms with van der Waals surface area (Å²) in [6.07, 6.45) is -0.500. The number of fused-ring (bicyclic) bond motifs is 1. The smallest absolute Gasteiger partial charge is 0.434 e. The van der Waals surface area contributed by atoms with Crippen molar-refractivity contribution in [2.45, 2.75) is 78.5 Å². The minimum atomic E-state index is -4.66. The molecule has 0 aliphatic carbocycles. The minimum Gasteiger partial charge on any atom is -0.434 e. The zero-order chi connectivity index (χ0) is 29.5. The number of ether oxygens (including phenoxy) is 2. The van der Waals surface area contributed by atoms with Gasteiger partial charge in [-0.05, 0) is 40.2 Å². The molecule has 0 fully saturated rings. The van der Waals surface area contributed by atoms with Crippen LogP contribution in [-0.2, 0) is 28.9 Å². The van der Waals surface area contributed by atoms with Gasteiger partial charge >= 0.3 is 14.0 Å². The van der Waals surface area contributed by atoms with E-state index >= 15 is 4.39 Å². The van der Waals surface area contributed by atoms with E-state index in [1.165, 1.54) is 11.5 Å². The lowest BCUT2D eigenvalue weighted by Gasteiger charge is -2.32. The highest BCUT2D eigenvalue weighted by Crippen LogP contribution is 2.36. The number of imidazole rings is 1. The molecule has 0 aliphatic heterocycles. The van der Waals surface area contributed by atoms with Crippen LogP contribution in [0.1, 0.15) is 72.3 Å². The third-order valence-corrected chi connectivity index (χ3v) is 5.99. The number of halogens is 2. The Kier molecular flexibility index (Phi) is 10.9. The van der Waals surface area contributed by atoms with Crippen molar-refractivity contribution in [2.75, 3.05) is 18.1 Å². The summed E-state index contributed by atoms with van der Waals surface area (Å²) in [6.45, 7) is 7.64. The number of phosphoric acid groups is 1. The van der Waals surface area contributed by atoms with Crippen molar-refractivity contribution in [1.29, 1.82) is 5.26 Å². The van der Waals surface area contributed by atoms with Gasteiger partial charge in [0.05, 0.1) is 18.8 Å². The van der Waals surface area contributed by atoms with Crippen LogP contribution in [0.25, 0.3) is 11.0 Å². The van der Waals surface area contributed by atoms with Gasteiger partial charge in [-0.1, -0.05) is 19.8 Å². The van der Waals surface area contributed by atoms with Crippen molar-refractivity contribution in [2.24, 2.45) is 0 Å². The Morgan fingerprint density at radius 2 is 1.90 bits per heavy atom. The fraction of sp³-hybridized carbons (Fsp3) is 0.583. The average molecular weight is 575 g/mol. The van der Waals surface area contributed by atoms with E-state index in [-0.39, 0.29) is 37.5 Å². The molecule has 39 heavy (non-hydrogen) atoms. The Balaban J connectivity index is 2.47. The maximum atomic E-state index is 15.3. The fourth-order valence-corrected chi connectivity index (χ4v) is 4.16. The van der Waals surface area contributed by atoms with Gasteiger partial charge in [0.25, 0.3) is 0 Å². The molecule has 12 nitrogen and oxygen atoms in total. The summed E-state index contributed by atoms with van der Waals surface area (Å²) >= 11 is 0. The molecule has 0 aliphatic rings. The van der Waals surface area contributed by atoms with E-state index in [0.717, 1.165) is 23.8 Å². The fourth-order valence-electron chi connectivity index (χ4n) is 3.79. The molecule has 1 aromatic heterocycles. The molecule has 2 rings (SSSR count). The van der Waals surface area contributed by atoms with Crippen LogP contribution in [0.5, 0.6) is 0 Å². The van der Waals surface area contributed by atoms with Gasteiger partial charge in [0, 0.05) is 18.4 Å². The second-order valence-corrected chi connectivity index (χ2v) is 10.9. The normalized spacial score (nSPS) is 12.7. The van der Waals surface area contributed by atoms with Gasteiger partial charge in [-0.15, -0.1) is 0 Å². The predicted octanol–water partition coefficient (Wildman–Crippen LogP) is 4.85. The minimum absolute atomic E-state index is 0.0259. The van der Waals surface area contributed by atoms with Crippen molar-refractivity contribution < 1.29 is 46.7 Å². The van der Waals surface area contributed by atoms with Gasteiger partial charge in [0.2, 0.25) is 11.9 Å². The molecule has 15 heteroatoms. The van der Waals surface area contributed by atoms with Crippen LogP contribution in [-0.4, -0.2) is 50.8 Å². The molecule has 0 saturated heterocycles. The number of amides is 1. The SMILES string of the molecule is CCCCCC(=O)N(c1nc2c(F)cc(C#N)c(F)c2n1C(C)(C)C)C(C)OC(=O)OCCCOP(=O)(O)O. The number of carbonyl (C=O) groups excluding carboxylic acids is 2. The first-order valence-corrected chi connectivity index (χ1v) is 13.8. The zero-order valence-corrected chi connectivity index (χ0v) is 23.3. The van der Waals surface area contributed by atoms with Gasteiger partial charge < -0.3 is 23.8 Å². The molecule has 0 bridgehead atoms. The lowest BCUT2D eigenvalue weighted by Crippen LogP contribution is -2.44. The van der Waals surface area contributed by atoms with E-state index in [4.69, 9.17) is 19.3 Å². The number of phosphoric ester groups is 1. The Morgan fingerprint density at radius 3 is 2.46 bits per heavy atom. The molecule has 1 aromatic carbocycles. The summed E-state index contributed by atoms with van der Waals surface area (Å²) in [5.41, 5.74) is -2.22. The molecular formula is C24H33F2N4O8P. The van der Waals surface area contributed by atoms with Crippen LogP contribution in [0.15, 0.2) is 6.07 Å². The van der Waals surface area contributed by atoms with Crippen molar-refractivity contribution in [3.05, 3.63) is 23.3 Å². The molecule has 216 valence electrons. The number of rotatable bonds is 12. The van der Waals surface area contributed by atoms with Crippen LogP contribution in [0.3, 0.4) is 0 Å². The predicted molar refractivity (Wildman–Crippen MR) is 135 cm³/mol. The Hall–Kier alpha value is -3.11. The molecule has 0 spiro atoms. The van der Waals surface area contributed by atoms with Crippen LogP contribution >= 0.6 is 7.82 Å². The molecule has 2 aromatic rings. The Labute approximate surface area is 224 Å². The van der Waals surface area contributed by atoms with Gasteiger partial charge in [-0.3, -0.25) is 9.32 Å². The lowest BCUT2D eigenvalue weighted by atomic mass is 10.1. The van der Waals surface area contributed by atoms with Gasteiger partial charge in [-0.2, -0.15) is 5.26 Å². The van der Waals surface area contributed by atoms with Crippen LogP contribution in [0.4, 0.5) is 19.5 Å². The number of unbranched alkanes of at least 4 members (excludes halogenated alkanes) is 2. The van der Waals surface area contributed by atoms with Crippen LogP contribution in [0.2, 0.25) is 0 Å². The summed E-state index contributed by atoms with van der Waals surface area (Å²) < 4.78 is 56.7. The van der Waals surface area contributed by atoms with E-state index in [0.29, 0.717) is 6.42 Å². The number of hydrogen-bond donors (Lipinski definition) is 2. The third-order valence-electron chi connectivity index (χ3n) is 5.47. The molecule has 1 atom stereocenters.